The van der Waals surface area contributed by atoms with Gasteiger partial charge in [-0.15, -0.1) is 0 Å². The van der Waals surface area contributed by atoms with Crippen LogP contribution >= 0.6 is 0 Å². The highest BCUT2D eigenvalue weighted by Crippen LogP contribution is 2.15. The lowest BCUT2D eigenvalue weighted by Crippen LogP contribution is -2.31. The Bertz CT molecular complexity index is 1010. The smallest absolute Gasteiger partial charge is 0.339 e. The standard InChI is InChI=1S/C21H20N2O4/c1-14(15-7-3-2-4-8-15)12-22-20(25)13-27-21(26)17-11-19(24)23-18-10-6-5-9-16(17)18/h2-11,14H,12-13H2,1H3,(H,22,25)(H,23,24). The summed E-state index contributed by atoms with van der Waals surface area (Å²) in [7, 11) is 0. The number of pyridine rings is 1. The Labute approximate surface area is 156 Å². The first-order valence-corrected chi connectivity index (χ1v) is 8.65. The molecule has 0 fully saturated rings. The summed E-state index contributed by atoms with van der Waals surface area (Å²) in [5, 5.41) is 3.32. The van der Waals surface area contributed by atoms with Crippen LogP contribution in [0.15, 0.2) is 65.5 Å². The lowest BCUT2D eigenvalue weighted by Gasteiger charge is -2.13. The molecule has 1 amide bonds. The maximum absolute atomic E-state index is 12.3. The third kappa shape index (κ3) is 4.61. The van der Waals surface area contributed by atoms with Gasteiger partial charge in [0.25, 0.3) is 5.91 Å². The minimum atomic E-state index is -0.705. The van der Waals surface area contributed by atoms with Crippen molar-refractivity contribution in [2.45, 2.75) is 12.8 Å². The van der Waals surface area contributed by atoms with Crippen molar-refractivity contribution < 1.29 is 14.3 Å². The second kappa shape index (κ2) is 8.31. The van der Waals surface area contributed by atoms with Crippen LogP contribution in [0.2, 0.25) is 0 Å². The number of hydrogen-bond donors (Lipinski definition) is 2. The van der Waals surface area contributed by atoms with Crippen molar-refractivity contribution in [1.29, 1.82) is 0 Å². The largest absolute Gasteiger partial charge is 0.452 e. The fourth-order valence-corrected chi connectivity index (χ4v) is 2.80. The van der Waals surface area contributed by atoms with Gasteiger partial charge in [-0.2, -0.15) is 0 Å². The Morgan fingerprint density at radius 3 is 2.56 bits per heavy atom. The van der Waals surface area contributed by atoms with Crippen molar-refractivity contribution in [1.82, 2.24) is 10.3 Å². The van der Waals surface area contributed by atoms with Gasteiger partial charge in [0.15, 0.2) is 6.61 Å². The third-order valence-electron chi connectivity index (χ3n) is 4.28. The van der Waals surface area contributed by atoms with Crippen LogP contribution in [0.25, 0.3) is 10.9 Å². The molecule has 0 aliphatic heterocycles. The fraction of sp³-hybridized carbons (Fsp3) is 0.190. The molecule has 0 aliphatic rings. The Hall–Kier alpha value is -3.41. The van der Waals surface area contributed by atoms with Crippen molar-refractivity contribution in [2.75, 3.05) is 13.2 Å². The number of carbonyl (C=O) groups excluding carboxylic acids is 2. The molecular weight excluding hydrogens is 344 g/mol. The molecule has 2 aromatic carbocycles. The van der Waals surface area contributed by atoms with E-state index in [0.717, 1.165) is 5.56 Å². The number of nitrogens with one attached hydrogen (secondary N) is 2. The number of hydrogen-bond acceptors (Lipinski definition) is 4. The van der Waals surface area contributed by atoms with E-state index in [1.807, 2.05) is 37.3 Å². The molecule has 1 aromatic heterocycles. The molecule has 3 aromatic rings. The zero-order valence-corrected chi connectivity index (χ0v) is 14.9. The van der Waals surface area contributed by atoms with E-state index in [0.29, 0.717) is 17.4 Å². The molecule has 1 atom stereocenters. The second-order valence-electron chi connectivity index (χ2n) is 6.28. The highest BCUT2D eigenvalue weighted by atomic mass is 16.5. The average Bonchev–Trinajstić information content (AvgIpc) is 2.70. The summed E-state index contributed by atoms with van der Waals surface area (Å²) in [6.07, 6.45) is 0. The molecule has 27 heavy (non-hydrogen) atoms. The van der Waals surface area contributed by atoms with E-state index in [-0.39, 0.29) is 17.4 Å². The van der Waals surface area contributed by atoms with Gasteiger partial charge in [-0.1, -0.05) is 55.5 Å². The van der Waals surface area contributed by atoms with E-state index in [9.17, 15) is 14.4 Å². The molecule has 6 nitrogen and oxygen atoms in total. The van der Waals surface area contributed by atoms with Crippen molar-refractivity contribution in [2.24, 2.45) is 0 Å². The summed E-state index contributed by atoms with van der Waals surface area (Å²) in [5.41, 5.74) is 1.39. The van der Waals surface area contributed by atoms with Gasteiger partial charge in [-0.25, -0.2) is 4.79 Å². The van der Waals surface area contributed by atoms with Crippen molar-refractivity contribution in [3.8, 4) is 0 Å². The number of aromatic amines is 1. The van der Waals surface area contributed by atoms with Gasteiger partial charge in [0, 0.05) is 23.5 Å². The van der Waals surface area contributed by atoms with Crippen LogP contribution < -0.4 is 10.9 Å². The maximum atomic E-state index is 12.3. The minimum absolute atomic E-state index is 0.139. The van der Waals surface area contributed by atoms with Gasteiger partial charge < -0.3 is 15.0 Å². The number of fused-ring (bicyclic) bond motifs is 1. The summed E-state index contributed by atoms with van der Waals surface area (Å²) < 4.78 is 5.09. The summed E-state index contributed by atoms with van der Waals surface area (Å²) in [5.74, 6) is -0.952. The van der Waals surface area contributed by atoms with Gasteiger partial charge in [0.1, 0.15) is 0 Å². The lowest BCUT2D eigenvalue weighted by molar-refractivity contribution is -0.124. The number of benzene rings is 2. The van der Waals surface area contributed by atoms with Gasteiger partial charge in [0.2, 0.25) is 5.56 Å². The lowest BCUT2D eigenvalue weighted by atomic mass is 10.0. The molecule has 0 saturated heterocycles. The first-order chi connectivity index (χ1) is 13.0. The average molecular weight is 364 g/mol. The Morgan fingerprint density at radius 1 is 1.07 bits per heavy atom. The number of esters is 1. The van der Waals surface area contributed by atoms with Gasteiger partial charge >= 0.3 is 5.97 Å². The minimum Gasteiger partial charge on any atom is -0.452 e. The molecule has 3 rings (SSSR count). The van der Waals surface area contributed by atoms with Crippen LogP contribution in [-0.2, 0) is 9.53 Å². The summed E-state index contributed by atoms with van der Waals surface area (Å²) >= 11 is 0. The zero-order valence-electron chi connectivity index (χ0n) is 14.9. The first-order valence-electron chi connectivity index (χ1n) is 8.65. The van der Waals surface area contributed by atoms with Crippen LogP contribution in [0.1, 0.15) is 28.8 Å². The van der Waals surface area contributed by atoms with Crippen LogP contribution in [0.5, 0.6) is 0 Å². The molecule has 0 bridgehead atoms. The number of ether oxygens (including phenoxy) is 1. The van der Waals surface area contributed by atoms with Crippen LogP contribution in [0.4, 0.5) is 0 Å². The van der Waals surface area contributed by atoms with E-state index in [1.165, 1.54) is 6.07 Å². The highest BCUT2D eigenvalue weighted by molar-refractivity contribution is 6.03. The zero-order chi connectivity index (χ0) is 19.2. The quantitative estimate of drug-likeness (QED) is 0.658. The topological polar surface area (TPSA) is 88.3 Å². The van der Waals surface area contributed by atoms with Crippen LogP contribution in [-0.4, -0.2) is 30.0 Å². The number of rotatable bonds is 6. The Morgan fingerprint density at radius 2 is 1.78 bits per heavy atom. The normalized spacial score (nSPS) is 11.7. The number of amides is 1. The highest BCUT2D eigenvalue weighted by Gasteiger charge is 2.15. The molecule has 138 valence electrons. The van der Waals surface area contributed by atoms with E-state index in [2.05, 4.69) is 10.3 Å². The Balaban J connectivity index is 1.58. The maximum Gasteiger partial charge on any atom is 0.339 e. The van der Waals surface area contributed by atoms with Crippen molar-refractivity contribution in [3.63, 3.8) is 0 Å². The summed E-state index contributed by atoms with van der Waals surface area (Å²) in [6.45, 7) is 2.04. The van der Waals surface area contributed by atoms with Crippen molar-refractivity contribution in [3.05, 3.63) is 82.1 Å². The second-order valence-corrected chi connectivity index (χ2v) is 6.28. The van der Waals surface area contributed by atoms with Gasteiger partial charge in [-0.3, -0.25) is 9.59 Å². The van der Waals surface area contributed by atoms with Crippen molar-refractivity contribution >= 4 is 22.8 Å². The number of carbonyl (C=O) groups is 2. The first kappa shape index (κ1) is 18.4. The number of aromatic nitrogens is 1. The molecular formula is C21H20N2O4. The number of H-pyrrole nitrogens is 1. The monoisotopic (exact) mass is 364 g/mol. The number of para-hydroxylation sites is 1. The van der Waals surface area contributed by atoms with Gasteiger partial charge in [0.05, 0.1) is 5.56 Å². The molecule has 0 aliphatic carbocycles. The van der Waals surface area contributed by atoms with E-state index in [1.54, 1.807) is 24.3 Å². The Kier molecular flexibility index (Phi) is 5.66. The molecule has 2 N–H and O–H groups in total. The summed E-state index contributed by atoms with van der Waals surface area (Å²) in [4.78, 5) is 38.7. The third-order valence-corrected chi connectivity index (χ3v) is 4.28. The molecule has 1 heterocycles. The van der Waals surface area contributed by atoms with E-state index >= 15 is 0 Å². The molecule has 1 unspecified atom stereocenters. The van der Waals surface area contributed by atoms with Gasteiger partial charge in [-0.05, 0) is 17.5 Å². The van der Waals surface area contributed by atoms with E-state index < -0.39 is 18.1 Å². The van der Waals surface area contributed by atoms with E-state index in [4.69, 9.17) is 4.74 Å². The molecule has 0 spiro atoms. The molecule has 6 heteroatoms. The molecule has 0 saturated carbocycles. The SMILES string of the molecule is CC(CNC(=O)COC(=O)c1cc(=O)[nH]c2ccccc12)c1ccccc1. The predicted octanol–water partition coefficient (Wildman–Crippen LogP) is 2.60. The predicted molar refractivity (Wildman–Crippen MR) is 103 cm³/mol. The van der Waals surface area contributed by atoms with Crippen LogP contribution in [0, 0.1) is 0 Å². The van der Waals surface area contributed by atoms with Crippen LogP contribution in [0.3, 0.4) is 0 Å². The summed E-state index contributed by atoms with van der Waals surface area (Å²) in [6, 6.07) is 17.9. The fourth-order valence-electron chi connectivity index (χ4n) is 2.80. The molecule has 0 radical (unpaired) electrons.